The summed E-state index contributed by atoms with van der Waals surface area (Å²) in [5.74, 6) is -2.51. The van der Waals surface area contributed by atoms with Crippen molar-refractivity contribution in [1.29, 1.82) is 0 Å². The van der Waals surface area contributed by atoms with Gasteiger partial charge < -0.3 is 25.2 Å². The number of carbonyl (C=O) groups is 2. The maximum absolute atomic E-state index is 15.1. The molecule has 0 unspecified atom stereocenters. The number of nitrogens with zero attached hydrogens (tertiary/aromatic N) is 1. The molecule has 4 aromatic rings. The van der Waals surface area contributed by atoms with E-state index in [1.807, 2.05) is 0 Å². The number of methoxy groups -OCH3 is 1. The summed E-state index contributed by atoms with van der Waals surface area (Å²) in [5.41, 5.74) is -0.423. The maximum Gasteiger partial charge on any atom is 0.240 e. The zero-order chi connectivity index (χ0) is 27.9. The molecule has 1 fully saturated rings. The van der Waals surface area contributed by atoms with Gasteiger partial charge in [-0.3, -0.25) is 14.6 Å². The molecular weight excluding hydrogens is 508 g/mol. The smallest absolute Gasteiger partial charge is 0.240 e. The molecule has 1 aliphatic rings. The van der Waals surface area contributed by atoms with Gasteiger partial charge in [-0.15, -0.1) is 0 Å². The second-order valence-corrected chi connectivity index (χ2v) is 9.46. The second kappa shape index (κ2) is 9.86. The van der Waals surface area contributed by atoms with Gasteiger partial charge in [0.2, 0.25) is 11.8 Å². The standard InChI is InChI=1S/C29H25F2N3O5/c1-15-16(2)29(15,27(36)33-18-6-4-17(30)5-7-18)28(37)34-19-8-9-25(21(31)12-19)39-24-10-11-32-22-14-23(35)26(38-3)13-20(22)24/h4-16,35H,1-3H3,(H,33,36)(H,34,37)/t15-,16+,29+. The van der Waals surface area contributed by atoms with Crippen LogP contribution in [0.15, 0.2) is 66.9 Å². The van der Waals surface area contributed by atoms with E-state index in [4.69, 9.17) is 9.47 Å². The Morgan fingerprint density at radius 2 is 1.51 bits per heavy atom. The number of halogens is 2. The van der Waals surface area contributed by atoms with Gasteiger partial charge in [0.25, 0.3) is 0 Å². The van der Waals surface area contributed by atoms with Crippen LogP contribution in [0.25, 0.3) is 10.9 Å². The van der Waals surface area contributed by atoms with Crippen molar-refractivity contribution < 1.29 is 33.0 Å². The van der Waals surface area contributed by atoms with E-state index in [0.717, 1.165) is 6.07 Å². The number of anilines is 2. The Morgan fingerprint density at radius 3 is 2.13 bits per heavy atom. The summed E-state index contributed by atoms with van der Waals surface area (Å²) in [6.07, 6.45) is 1.46. The SMILES string of the molecule is COc1cc2c(Oc3ccc(NC(=O)[C@@]4(C(=O)Nc5ccc(F)cc5)[C@H](C)[C@@H]4C)cc3F)ccnc2cc1O. The molecule has 1 aliphatic carbocycles. The number of rotatable bonds is 7. The lowest BCUT2D eigenvalue weighted by molar-refractivity contribution is -0.132. The van der Waals surface area contributed by atoms with E-state index in [1.165, 1.54) is 61.8 Å². The number of phenols is 1. The number of pyridine rings is 1. The summed E-state index contributed by atoms with van der Waals surface area (Å²) in [7, 11) is 1.41. The number of amides is 2. The van der Waals surface area contributed by atoms with Crippen molar-refractivity contribution in [2.24, 2.45) is 17.3 Å². The molecule has 1 heterocycles. The fourth-order valence-electron chi connectivity index (χ4n) is 4.88. The third-order valence-corrected chi connectivity index (χ3v) is 7.34. The van der Waals surface area contributed by atoms with E-state index in [2.05, 4.69) is 15.6 Å². The Morgan fingerprint density at radius 1 is 0.872 bits per heavy atom. The second-order valence-electron chi connectivity index (χ2n) is 9.46. The van der Waals surface area contributed by atoms with E-state index in [1.54, 1.807) is 19.9 Å². The topological polar surface area (TPSA) is 110 Å². The molecule has 3 aromatic carbocycles. The first-order valence-corrected chi connectivity index (χ1v) is 12.2. The van der Waals surface area contributed by atoms with Gasteiger partial charge in [0, 0.05) is 35.1 Å². The number of aromatic hydroxyl groups is 1. The monoisotopic (exact) mass is 533 g/mol. The molecule has 0 bridgehead atoms. The van der Waals surface area contributed by atoms with Crippen LogP contribution in [0, 0.1) is 28.9 Å². The quantitative estimate of drug-likeness (QED) is 0.257. The molecule has 0 spiro atoms. The summed E-state index contributed by atoms with van der Waals surface area (Å²) in [5, 5.41) is 15.8. The number of aromatic nitrogens is 1. The van der Waals surface area contributed by atoms with Gasteiger partial charge in [-0.25, -0.2) is 8.78 Å². The number of phenolic OH excluding ortho intramolecular Hbond substituents is 1. The van der Waals surface area contributed by atoms with Crippen molar-refractivity contribution in [2.75, 3.05) is 17.7 Å². The average molecular weight is 534 g/mol. The van der Waals surface area contributed by atoms with Gasteiger partial charge in [0.05, 0.1) is 12.6 Å². The van der Waals surface area contributed by atoms with Crippen molar-refractivity contribution in [3.63, 3.8) is 0 Å². The summed E-state index contributed by atoms with van der Waals surface area (Å²) < 4.78 is 39.2. The van der Waals surface area contributed by atoms with E-state index < -0.39 is 28.9 Å². The first-order valence-electron chi connectivity index (χ1n) is 12.2. The maximum atomic E-state index is 15.1. The van der Waals surface area contributed by atoms with Gasteiger partial charge >= 0.3 is 0 Å². The minimum absolute atomic E-state index is 0.0932. The molecule has 1 saturated carbocycles. The highest BCUT2D eigenvalue weighted by molar-refractivity contribution is 6.17. The largest absolute Gasteiger partial charge is 0.504 e. The summed E-state index contributed by atoms with van der Waals surface area (Å²) in [6, 6.07) is 13.7. The van der Waals surface area contributed by atoms with Crippen LogP contribution in [0.1, 0.15) is 13.8 Å². The van der Waals surface area contributed by atoms with E-state index in [0.29, 0.717) is 16.6 Å². The minimum atomic E-state index is -1.36. The van der Waals surface area contributed by atoms with Crippen LogP contribution < -0.4 is 20.1 Å². The Balaban J connectivity index is 1.35. The van der Waals surface area contributed by atoms with Crippen LogP contribution in [0.3, 0.4) is 0 Å². The predicted octanol–water partition coefficient (Wildman–Crippen LogP) is 5.87. The lowest BCUT2D eigenvalue weighted by atomic mass is 9.99. The van der Waals surface area contributed by atoms with Gasteiger partial charge in [0.15, 0.2) is 23.1 Å². The Bertz CT molecular complexity index is 1580. The molecule has 0 radical (unpaired) electrons. The molecule has 10 heteroatoms. The fraction of sp³-hybridized carbons (Fsp3) is 0.207. The number of fused-ring (bicyclic) bond motifs is 1. The molecule has 39 heavy (non-hydrogen) atoms. The van der Waals surface area contributed by atoms with Gasteiger partial charge in [-0.2, -0.15) is 0 Å². The highest BCUT2D eigenvalue weighted by Gasteiger charge is 2.69. The van der Waals surface area contributed by atoms with Gasteiger partial charge in [-0.05, 0) is 60.4 Å². The Labute approximate surface area is 222 Å². The number of benzene rings is 3. The molecule has 1 aromatic heterocycles. The third-order valence-electron chi connectivity index (χ3n) is 7.34. The van der Waals surface area contributed by atoms with E-state index >= 15 is 4.39 Å². The zero-order valence-corrected chi connectivity index (χ0v) is 21.3. The Hall–Kier alpha value is -4.73. The van der Waals surface area contributed by atoms with Gasteiger partial charge in [0.1, 0.15) is 17.0 Å². The van der Waals surface area contributed by atoms with Crippen LogP contribution in [-0.2, 0) is 9.59 Å². The number of ether oxygens (including phenoxy) is 2. The lowest BCUT2D eigenvalue weighted by Crippen LogP contribution is -2.38. The number of nitrogens with one attached hydrogen (secondary N) is 2. The molecule has 3 atom stereocenters. The van der Waals surface area contributed by atoms with Crippen molar-refractivity contribution in [1.82, 2.24) is 4.98 Å². The molecule has 0 saturated heterocycles. The van der Waals surface area contributed by atoms with Crippen molar-refractivity contribution in [3.05, 3.63) is 78.5 Å². The molecule has 200 valence electrons. The highest BCUT2D eigenvalue weighted by Crippen LogP contribution is 2.59. The summed E-state index contributed by atoms with van der Waals surface area (Å²) >= 11 is 0. The lowest BCUT2D eigenvalue weighted by Gasteiger charge is -2.18. The minimum Gasteiger partial charge on any atom is -0.504 e. The van der Waals surface area contributed by atoms with Crippen molar-refractivity contribution in [2.45, 2.75) is 13.8 Å². The summed E-state index contributed by atoms with van der Waals surface area (Å²) in [4.78, 5) is 30.6. The normalized spacial score (nSPS) is 19.8. The predicted molar refractivity (Wildman–Crippen MR) is 141 cm³/mol. The molecule has 2 amide bonds. The zero-order valence-electron chi connectivity index (χ0n) is 21.3. The average Bonchev–Trinajstić information content (AvgIpc) is 3.47. The number of carbonyl (C=O) groups excluding carboxylic acids is 2. The van der Waals surface area contributed by atoms with E-state index in [9.17, 15) is 19.1 Å². The van der Waals surface area contributed by atoms with Crippen LogP contribution >= 0.6 is 0 Å². The fourth-order valence-corrected chi connectivity index (χ4v) is 4.88. The van der Waals surface area contributed by atoms with Crippen molar-refractivity contribution >= 4 is 34.1 Å². The van der Waals surface area contributed by atoms with Gasteiger partial charge in [-0.1, -0.05) is 13.8 Å². The number of hydrogen-bond acceptors (Lipinski definition) is 6. The van der Waals surface area contributed by atoms with Crippen LogP contribution in [-0.4, -0.2) is 29.0 Å². The number of hydrogen-bond donors (Lipinski definition) is 3. The molecule has 8 nitrogen and oxygen atoms in total. The van der Waals surface area contributed by atoms with Crippen LogP contribution in [0.2, 0.25) is 0 Å². The highest BCUT2D eigenvalue weighted by atomic mass is 19.1. The Kier molecular flexibility index (Phi) is 6.55. The molecule has 3 N–H and O–H groups in total. The van der Waals surface area contributed by atoms with Crippen molar-refractivity contribution in [3.8, 4) is 23.0 Å². The molecule has 0 aliphatic heterocycles. The van der Waals surface area contributed by atoms with E-state index in [-0.39, 0.29) is 40.5 Å². The first-order chi connectivity index (χ1) is 18.6. The first kappa shape index (κ1) is 25.9. The summed E-state index contributed by atoms with van der Waals surface area (Å²) in [6.45, 7) is 3.58. The van der Waals surface area contributed by atoms with Crippen LogP contribution in [0.4, 0.5) is 20.2 Å². The third kappa shape index (κ3) is 4.58. The molecule has 5 rings (SSSR count). The molecular formula is C29H25F2N3O5. The van der Waals surface area contributed by atoms with Crippen LogP contribution in [0.5, 0.6) is 23.0 Å².